The molecule has 1 N–H and O–H groups in total. The fraction of sp³-hybridized carbons (Fsp3) is 0.182. The molecule has 0 aliphatic rings. The van der Waals surface area contributed by atoms with Crippen molar-refractivity contribution in [3.05, 3.63) is 29.3 Å². The summed E-state index contributed by atoms with van der Waals surface area (Å²) >= 11 is 5.98. The standard InChI is InChI=1S/C11H11ClN4O2/c1-13-9-14-10(17-2)16-11(15-9)18-8-6-4-3-5-7(8)12/h3-6H,1-2H3,(H,13,14,15,16). The molecule has 0 saturated carbocycles. The van der Waals surface area contributed by atoms with E-state index >= 15 is 0 Å². The van der Waals surface area contributed by atoms with Crippen molar-refractivity contribution in [3.8, 4) is 17.8 Å². The van der Waals surface area contributed by atoms with Gasteiger partial charge in [0.1, 0.15) is 5.75 Å². The van der Waals surface area contributed by atoms with Crippen molar-refractivity contribution in [2.75, 3.05) is 19.5 Å². The van der Waals surface area contributed by atoms with Crippen LogP contribution in [0.3, 0.4) is 0 Å². The number of nitrogens with one attached hydrogen (secondary N) is 1. The molecule has 0 unspecified atom stereocenters. The molecule has 0 atom stereocenters. The minimum Gasteiger partial charge on any atom is -0.467 e. The fourth-order valence-electron chi connectivity index (χ4n) is 1.21. The Labute approximate surface area is 109 Å². The van der Waals surface area contributed by atoms with Crippen LogP contribution in [0.25, 0.3) is 0 Å². The van der Waals surface area contributed by atoms with Crippen LogP contribution in [0, 0.1) is 0 Å². The molecule has 2 rings (SSSR count). The number of methoxy groups -OCH3 is 1. The maximum atomic E-state index is 5.98. The van der Waals surface area contributed by atoms with E-state index in [1.54, 1.807) is 25.2 Å². The van der Waals surface area contributed by atoms with Gasteiger partial charge < -0.3 is 14.8 Å². The van der Waals surface area contributed by atoms with Crippen molar-refractivity contribution in [3.63, 3.8) is 0 Å². The van der Waals surface area contributed by atoms with Crippen LogP contribution in [0.1, 0.15) is 0 Å². The average molecular weight is 267 g/mol. The zero-order chi connectivity index (χ0) is 13.0. The van der Waals surface area contributed by atoms with Crippen LogP contribution >= 0.6 is 11.6 Å². The summed E-state index contributed by atoms with van der Waals surface area (Å²) in [6.45, 7) is 0. The molecule has 7 heteroatoms. The molecule has 0 saturated heterocycles. The first-order chi connectivity index (χ1) is 8.72. The van der Waals surface area contributed by atoms with Gasteiger partial charge in [0.25, 0.3) is 0 Å². The molecule has 0 bridgehead atoms. The lowest BCUT2D eigenvalue weighted by atomic mass is 10.3. The number of benzene rings is 1. The molecule has 0 aliphatic carbocycles. The molecule has 1 heterocycles. The van der Waals surface area contributed by atoms with Gasteiger partial charge in [-0.15, -0.1) is 4.98 Å². The lowest BCUT2D eigenvalue weighted by Crippen LogP contribution is -2.03. The summed E-state index contributed by atoms with van der Waals surface area (Å²) in [6.07, 6.45) is 0. The van der Waals surface area contributed by atoms with Gasteiger partial charge in [-0.1, -0.05) is 23.7 Å². The maximum absolute atomic E-state index is 5.98. The van der Waals surface area contributed by atoms with Gasteiger partial charge in [-0.25, -0.2) is 0 Å². The number of nitrogens with zero attached hydrogens (tertiary/aromatic N) is 3. The predicted octanol–water partition coefficient (Wildman–Crippen LogP) is 2.37. The van der Waals surface area contributed by atoms with Crippen molar-refractivity contribution in [1.82, 2.24) is 15.0 Å². The Balaban J connectivity index is 2.31. The highest BCUT2D eigenvalue weighted by molar-refractivity contribution is 6.32. The monoisotopic (exact) mass is 266 g/mol. The molecule has 94 valence electrons. The molecule has 0 radical (unpaired) electrons. The zero-order valence-corrected chi connectivity index (χ0v) is 10.6. The first-order valence-corrected chi connectivity index (χ1v) is 5.51. The fourth-order valence-corrected chi connectivity index (χ4v) is 1.39. The normalized spacial score (nSPS) is 9.94. The Morgan fingerprint density at radius 1 is 1.11 bits per heavy atom. The van der Waals surface area contributed by atoms with Crippen LogP contribution in [0.15, 0.2) is 24.3 Å². The molecule has 18 heavy (non-hydrogen) atoms. The third-order valence-electron chi connectivity index (χ3n) is 2.04. The first kappa shape index (κ1) is 12.4. The molecular weight excluding hydrogens is 256 g/mol. The van der Waals surface area contributed by atoms with E-state index in [0.29, 0.717) is 16.7 Å². The van der Waals surface area contributed by atoms with E-state index in [4.69, 9.17) is 21.1 Å². The number of para-hydroxylation sites is 1. The Kier molecular flexibility index (Phi) is 3.78. The average Bonchev–Trinajstić information content (AvgIpc) is 2.41. The highest BCUT2D eigenvalue weighted by Gasteiger charge is 2.09. The van der Waals surface area contributed by atoms with Crippen molar-refractivity contribution < 1.29 is 9.47 Å². The summed E-state index contributed by atoms with van der Waals surface area (Å²) in [7, 11) is 3.15. The number of aromatic nitrogens is 3. The van der Waals surface area contributed by atoms with E-state index in [0.717, 1.165) is 0 Å². The number of anilines is 1. The van der Waals surface area contributed by atoms with E-state index in [9.17, 15) is 0 Å². The Morgan fingerprint density at radius 3 is 2.50 bits per heavy atom. The van der Waals surface area contributed by atoms with Crippen LogP contribution in [0.2, 0.25) is 5.02 Å². The molecule has 6 nitrogen and oxygen atoms in total. The van der Waals surface area contributed by atoms with Gasteiger partial charge >= 0.3 is 12.0 Å². The maximum Gasteiger partial charge on any atom is 0.330 e. The number of hydrogen-bond acceptors (Lipinski definition) is 6. The highest BCUT2D eigenvalue weighted by atomic mass is 35.5. The van der Waals surface area contributed by atoms with Gasteiger partial charge in [-0.2, -0.15) is 9.97 Å². The van der Waals surface area contributed by atoms with Crippen molar-refractivity contribution in [2.45, 2.75) is 0 Å². The number of hydrogen-bond donors (Lipinski definition) is 1. The van der Waals surface area contributed by atoms with E-state index < -0.39 is 0 Å². The van der Waals surface area contributed by atoms with Gasteiger partial charge in [0.2, 0.25) is 5.95 Å². The van der Waals surface area contributed by atoms with Gasteiger partial charge in [-0.3, -0.25) is 0 Å². The molecule has 2 aromatic rings. The molecule has 0 amide bonds. The topological polar surface area (TPSA) is 69.2 Å². The van der Waals surface area contributed by atoms with Crippen molar-refractivity contribution in [2.24, 2.45) is 0 Å². The quantitative estimate of drug-likeness (QED) is 0.916. The summed E-state index contributed by atoms with van der Waals surface area (Å²) in [5.41, 5.74) is 0. The second-order valence-electron chi connectivity index (χ2n) is 3.21. The highest BCUT2D eigenvalue weighted by Crippen LogP contribution is 2.27. The number of rotatable bonds is 4. The predicted molar refractivity (Wildman–Crippen MR) is 67.5 cm³/mol. The molecule has 0 spiro atoms. The minimum absolute atomic E-state index is 0.110. The zero-order valence-electron chi connectivity index (χ0n) is 9.85. The lowest BCUT2D eigenvalue weighted by molar-refractivity contribution is 0.360. The van der Waals surface area contributed by atoms with Crippen LogP contribution in [-0.4, -0.2) is 29.1 Å². The molecule has 0 fully saturated rings. The second-order valence-corrected chi connectivity index (χ2v) is 3.62. The Morgan fingerprint density at radius 2 is 1.83 bits per heavy atom. The van der Waals surface area contributed by atoms with E-state index in [1.165, 1.54) is 7.11 Å². The molecule has 0 aliphatic heterocycles. The number of ether oxygens (including phenoxy) is 2. The smallest absolute Gasteiger partial charge is 0.330 e. The van der Waals surface area contributed by atoms with Crippen molar-refractivity contribution >= 4 is 17.5 Å². The molecule has 1 aromatic heterocycles. The van der Waals surface area contributed by atoms with Crippen molar-refractivity contribution in [1.29, 1.82) is 0 Å². The van der Waals surface area contributed by atoms with Gasteiger partial charge in [0.05, 0.1) is 12.1 Å². The second kappa shape index (κ2) is 5.50. The minimum atomic E-state index is 0.110. The SMILES string of the molecule is CNc1nc(OC)nc(Oc2ccccc2Cl)n1. The first-order valence-electron chi connectivity index (χ1n) is 5.13. The van der Waals surface area contributed by atoms with E-state index in [1.807, 2.05) is 6.07 Å². The summed E-state index contributed by atoms with van der Waals surface area (Å²) in [5, 5.41) is 3.26. The Bertz CT molecular complexity index is 528. The van der Waals surface area contributed by atoms with E-state index in [2.05, 4.69) is 20.3 Å². The van der Waals surface area contributed by atoms with E-state index in [-0.39, 0.29) is 12.0 Å². The van der Waals surface area contributed by atoms with Crippen LogP contribution in [0.4, 0.5) is 5.95 Å². The summed E-state index contributed by atoms with van der Waals surface area (Å²) in [6, 6.07) is 7.32. The molecule has 1 aromatic carbocycles. The van der Waals surface area contributed by atoms with Crippen LogP contribution < -0.4 is 14.8 Å². The third-order valence-corrected chi connectivity index (χ3v) is 2.35. The lowest BCUT2D eigenvalue weighted by Gasteiger charge is -2.07. The van der Waals surface area contributed by atoms with Crippen LogP contribution in [0.5, 0.6) is 17.8 Å². The molecular formula is C11H11ClN4O2. The Hall–Kier alpha value is -2.08. The number of halogens is 1. The summed E-state index contributed by atoms with van der Waals surface area (Å²) < 4.78 is 10.4. The van der Waals surface area contributed by atoms with Gasteiger partial charge in [-0.05, 0) is 12.1 Å². The largest absolute Gasteiger partial charge is 0.467 e. The van der Waals surface area contributed by atoms with Gasteiger partial charge in [0, 0.05) is 7.05 Å². The summed E-state index contributed by atoms with van der Waals surface area (Å²) in [4.78, 5) is 12.0. The van der Waals surface area contributed by atoms with Crippen LogP contribution in [-0.2, 0) is 0 Å². The van der Waals surface area contributed by atoms with Gasteiger partial charge in [0.15, 0.2) is 0 Å². The third kappa shape index (κ3) is 2.78. The summed E-state index contributed by atoms with van der Waals surface area (Å²) in [5.74, 6) is 0.818.